The maximum absolute atomic E-state index is 12.7. The van der Waals surface area contributed by atoms with Crippen LogP contribution >= 0.6 is 27.5 Å². The van der Waals surface area contributed by atoms with Crippen LogP contribution in [0.25, 0.3) is 0 Å². The molecule has 4 nitrogen and oxygen atoms in total. The Morgan fingerprint density at radius 3 is 2.70 bits per heavy atom. The second-order valence-corrected chi connectivity index (χ2v) is 8.79. The minimum Gasteiger partial charge on any atom is -0.327 e. The molecule has 1 aliphatic carbocycles. The predicted octanol–water partition coefficient (Wildman–Crippen LogP) is 2.46. The van der Waals surface area contributed by atoms with Crippen molar-refractivity contribution in [3.8, 4) is 0 Å². The van der Waals surface area contributed by atoms with Crippen molar-refractivity contribution in [1.29, 1.82) is 0 Å². The first-order valence-electron chi connectivity index (χ1n) is 6.60. The number of hydrogen-bond donors (Lipinski definition) is 1. The van der Waals surface area contributed by atoms with Crippen molar-refractivity contribution in [1.82, 2.24) is 4.31 Å². The first-order valence-corrected chi connectivity index (χ1v) is 9.21. The Balaban J connectivity index is 1.90. The van der Waals surface area contributed by atoms with Gasteiger partial charge in [-0.05, 0) is 42.9 Å². The molecule has 1 aromatic carbocycles. The maximum atomic E-state index is 12.7. The highest BCUT2D eigenvalue weighted by Gasteiger charge is 2.45. The van der Waals surface area contributed by atoms with Gasteiger partial charge in [0.15, 0.2) is 0 Å². The molecule has 2 fully saturated rings. The first kappa shape index (κ1) is 14.8. The highest BCUT2D eigenvalue weighted by atomic mass is 79.9. The normalized spacial score (nSPS) is 30.6. The molecule has 0 bridgehead atoms. The molecular formula is C13H16BrClN2O2S. The molecule has 1 aromatic rings. The van der Waals surface area contributed by atoms with E-state index in [-0.39, 0.29) is 16.0 Å². The number of benzene rings is 1. The molecule has 1 heterocycles. The zero-order valence-corrected chi connectivity index (χ0v) is 14.0. The zero-order valence-electron chi connectivity index (χ0n) is 10.8. The molecule has 20 heavy (non-hydrogen) atoms. The van der Waals surface area contributed by atoms with Gasteiger partial charge in [-0.25, -0.2) is 8.42 Å². The third kappa shape index (κ3) is 2.41. The number of rotatable bonds is 2. The molecule has 1 saturated heterocycles. The van der Waals surface area contributed by atoms with Crippen molar-refractivity contribution in [2.45, 2.75) is 23.8 Å². The summed E-state index contributed by atoms with van der Waals surface area (Å²) in [7, 11) is -3.53. The highest BCUT2D eigenvalue weighted by Crippen LogP contribution is 2.40. The summed E-state index contributed by atoms with van der Waals surface area (Å²) in [6, 6.07) is 4.98. The molecule has 3 rings (SSSR count). The molecule has 3 atom stereocenters. The molecule has 0 aromatic heterocycles. The second kappa shape index (κ2) is 5.25. The standard InChI is InChI=1S/C13H16BrClN2O2S/c14-9-2-4-13(11(15)5-9)20(18,19)17-6-8-1-3-12(16)10(8)7-17/h2,4-5,8,10,12H,1,3,6-7,16H2. The smallest absolute Gasteiger partial charge is 0.244 e. The van der Waals surface area contributed by atoms with Gasteiger partial charge in [0.1, 0.15) is 4.90 Å². The van der Waals surface area contributed by atoms with E-state index in [0.29, 0.717) is 24.9 Å². The van der Waals surface area contributed by atoms with E-state index in [9.17, 15) is 8.42 Å². The van der Waals surface area contributed by atoms with Crippen molar-refractivity contribution in [2.24, 2.45) is 17.6 Å². The van der Waals surface area contributed by atoms with E-state index in [1.54, 1.807) is 18.2 Å². The Bertz CT molecular complexity index is 637. The van der Waals surface area contributed by atoms with Crippen LogP contribution < -0.4 is 5.73 Å². The molecule has 0 amide bonds. The van der Waals surface area contributed by atoms with E-state index in [1.807, 2.05) is 0 Å². The second-order valence-electron chi connectivity index (χ2n) is 5.56. The van der Waals surface area contributed by atoms with E-state index < -0.39 is 10.0 Å². The van der Waals surface area contributed by atoms with Crippen molar-refractivity contribution < 1.29 is 8.42 Å². The van der Waals surface area contributed by atoms with Crippen molar-refractivity contribution in [3.05, 3.63) is 27.7 Å². The SMILES string of the molecule is NC1CCC2CN(S(=O)(=O)c3ccc(Br)cc3Cl)CC12. The molecule has 2 N–H and O–H groups in total. The lowest BCUT2D eigenvalue weighted by Crippen LogP contribution is -2.33. The molecule has 2 aliphatic rings. The topological polar surface area (TPSA) is 63.4 Å². The van der Waals surface area contributed by atoms with Gasteiger partial charge in [-0.3, -0.25) is 0 Å². The van der Waals surface area contributed by atoms with Gasteiger partial charge >= 0.3 is 0 Å². The fourth-order valence-electron chi connectivity index (χ4n) is 3.29. The van der Waals surface area contributed by atoms with E-state index in [1.165, 1.54) is 4.31 Å². The zero-order chi connectivity index (χ0) is 14.5. The van der Waals surface area contributed by atoms with E-state index in [2.05, 4.69) is 15.9 Å². The van der Waals surface area contributed by atoms with Crippen LogP contribution in [0.2, 0.25) is 5.02 Å². The lowest BCUT2D eigenvalue weighted by molar-refractivity contribution is 0.427. The molecule has 7 heteroatoms. The van der Waals surface area contributed by atoms with Crippen LogP contribution in [-0.4, -0.2) is 31.9 Å². The van der Waals surface area contributed by atoms with Crippen molar-refractivity contribution >= 4 is 37.6 Å². The van der Waals surface area contributed by atoms with Crippen LogP contribution in [0.5, 0.6) is 0 Å². The highest BCUT2D eigenvalue weighted by molar-refractivity contribution is 9.10. The molecule has 1 saturated carbocycles. The Kier molecular flexibility index (Phi) is 3.88. The van der Waals surface area contributed by atoms with Gasteiger partial charge in [0.05, 0.1) is 5.02 Å². The van der Waals surface area contributed by atoms with Gasteiger partial charge in [-0.2, -0.15) is 4.31 Å². The van der Waals surface area contributed by atoms with Gasteiger partial charge in [-0.1, -0.05) is 27.5 Å². The van der Waals surface area contributed by atoms with E-state index >= 15 is 0 Å². The quantitative estimate of drug-likeness (QED) is 0.858. The van der Waals surface area contributed by atoms with Crippen molar-refractivity contribution in [2.75, 3.05) is 13.1 Å². The van der Waals surface area contributed by atoms with Gasteiger partial charge in [0.25, 0.3) is 0 Å². The summed E-state index contributed by atoms with van der Waals surface area (Å²) < 4.78 is 27.7. The van der Waals surface area contributed by atoms with Crippen LogP contribution in [0.15, 0.2) is 27.6 Å². The number of nitrogens with zero attached hydrogens (tertiary/aromatic N) is 1. The number of sulfonamides is 1. The molecule has 0 radical (unpaired) electrons. The lowest BCUT2D eigenvalue weighted by Gasteiger charge is -2.19. The summed E-state index contributed by atoms with van der Waals surface area (Å²) in [4.78, 5) is 0.177. The minimum atomic E-state index is -3.53. The maximum Gasteiger partial charge on any atom is 0.244 e. The monoisotopic (exact) mass is 378 g/mol. The summed E-state index contributed by atoms with van der Waals surface area (Å²) in [5, 5.41) is 0.251. The van der Waals surface area contributed by atoms with Gasteiger partial charge in [0.2, 0.25) is 10.0 Å². The minimum absolute atomic E-state index is 0.126. The van der Waals surface area contributed by atoms with Crippen molar-refractivity contribution in [3.63, 3.8) is 0 Å². The Morgan fingerprint density at radius 2 is 2.05 bits per heavy atom. The summed E-state index contributed by atoms with van der Waals surface area (Å²) in [6.45, 7) is 1.08. The first-order chi connectivity index (χ1) is 9.39. The van der Waals surface area contributed by atoms with Crippen LogP contribution in [0.1, 0.15) is 12.8 Å². The summed E-state index contributed by atoms with van der Waals surface area (Å²) >= 11 is 9.37. The van der Waals surface area contributed by atoms with Gasteiger partial charge in [0, 0.05) is 23.6 Å². The van der Waals surface area contributed by atoms with Crippen LogP contribution in [-0.2, 0) is 10.0 Å². The average molecular weight is 380 g/mol. The fraction of sp³-hybridized carbons (Fsp3) is 0.538. The van der Waals surface area contributed by atoms with Crippen LogP contribution in [0.3, 0.4) is 0 Å². The summed E-state index contributed by atoms with van der Waals surface area (Å²) in [5.74, 6) is 0.688. The third-order valence-corrected chi connectivity index (χ3v) is 7.20. The molecule has 110 valence electrons. The number of nitrogens with two attached hydrogens (primary N) is 1. The summed E-state index contributed by atoms with van der Waals surface area (Å²) in [5.41, 5.74) is 6.06. The van der Waals surface area contributed by atoms with E-state index in [4.69, 9.17) is 17.3 Å². The lowest BCUT2D eigenvalue weighted by atomic mass is 9.98. The fourth-order valence-corrected chi connectivity index (χ4v) is 5.83. The average Bonchev–Trinajstić information content (AvgIpc) is 2.92. The summed E-state index contributed by atoms with van der Waals surface area (Å²) in [6.07, 6.45) is 2.02. The van der Waals surface area contributed by atoms with Gasteiger partial charge < -0.3 is 5.73 Å². The number of halogens is 2. The Morgan fingerprint density at radius 1 is 1.30 bits per heavy atom. The molecule has 3 unspecified atom stereocenters. The third-order valence-electron chi connectivity index (χ3n) is 4.39. The Hall–Kier alpha value is -0.140. The van der Waals surface area contributed by atoms with Gasteiger partial charge in [-0.15, -0.1) is 0 Å². The number of hydrogen-bond acceptors (Lipinski definition) is 3. The Labute approximate surface area is 132 Å². The molecule has 0 spiro atoms. The van der Waals surface area contributed by atoms with Crippen LogP contribution in [0.4, 0.5) is 0 Å². The molecular weight excluding hydrogens is 364 g/mol. The largest absolute Gasteiger partial charge is 0.327 e. The molecule has 1 aliphatic heterocycles. The van der Waals surface area contributed by atoms with Crippen LogP contribution in [0, 0.1) is 11.8 Å². The predicted molar refractivity (Wildman–Crippen MR) is 82.1 cm³/mol. The van der Waals surface area contributed by atoms with E-state index in [0.717, 1.165) is 17.3 Å². The number of fused-ring (bicyclic) bond motifs is 1.